The zero-order valence-corrected chi connectivity index (χ0v) is 12.8. The van der Waals surface area contributed by atoms with Gasteiger partial charge in [0, 0.05) is 10.9 Å². The van der Waals surface area contributed by atoms with Gasteiger partial charge in [-0.05, 0) is 43.2 Å². The van der Waals surface area contributed by atoms with Gasteiger partial charge in [0.2, 0.25) is 0 Å². The number of furan rings is 1. The van der Waals surface area contributed by atoms with Gasteiger partial charge in [0.1, 0.15) is 11.3 Å². The summed E-state index contributed by atoms with van der Waals surface area (Å²) < 4.78 is 6.24. The van der Waals surface area contributed by atoms with E-state index in [9.17, 15) is 0 Å². The Morgan fingerprint density at radius 1 is 1.30 bits per heavy atom. The number of nitrogens with one attached hydrogen (secondary N) is 1. The van der Waals surface area contributed by atoms with Gasteiger partial charge in [-0.15, -0.1) is 0 Å². The average Bonchev–Trinajstić information content (AvgIpc) is 3.19. The van der Waals surface area contributed by atoms with Crippen LogP contribution in [-0.2, 0) is 13.0 Å². The van der Waals surface area contributed by atoms with Crippen molar-refractivity contribution in [1.29, 1.82) is 0 Å². The SMILES string of the molecule is CCc1cccc2c(C3CC3)c(CNCC(C)C)oc12. The first-order chi connectivity index (χ1) is 9.70. The van der Waals surface area contributed by atoms with E-state index in [0.717, 1.165) is 31.0 Å². The molecular weight excluding hydrogens is 246 g/mol. The van der Waals surface area contributed by atoms with Crippen LogP contribution in [0.1, 0.15) is 56.4 Å². The van der Waals surface area contributed by atoms with Gasteiger partial charge in [0.05, 0.1) is 6.54 Å². The van der Waals surface area contributed by atoms with Crippen molar-refractivity contribution in [2.45, 2.75) is 52.5 Å². The average molecular weight is 271 g/mol. The maximum atomic E-state index is 6.24. The largest absolute Gasteiger partial charge is 0.459 e. The van der Waals surface area contributed by atoms with Crippen molar-refractivity contribution in [3.63, 3.8) is 0 Å². The minimum Gasteiger partial charge on any atom is -0.459 e. The molecule has 1 heterocycles. The van der Waals surface area contributed by atoms with Crippen molar-refractivity contribution < 1.29 is 4.42 Å². The summed E-state index contributed by atoms with van der Waals surface area (Å²) in [6.45, 7) is 8.58. The van der Waals surface area contributed by atoms with Crippen LogP contribution in [0.15, 0.2) is 22.6 Å². The molecule has 2 heteroatoms. The summed E-state index contributed by atoms with van der Waals surface area (Å²) in [5.41, 5.74) is 3.93. The van der Waals surface area contributed by atoms with E-state index in [-0.39, 0.29) is 0 Å². The summed E-state index contributed by atoms with van der Waals surface area (Å²) in [6.07, 6.45) is 3.68. The van der Waals surface area contributed by atoms with Crippen LogP contribution in [-0.4, -0.2) is 6.54 Å². The van der Waals surface area contributed by atoms with Crippen molar-refractivity contribution in [2.75, 3.05) is 6.54 Å². The molecule has 0 unspecified atom stereocenters. The summed E-state index contributed by atoms with van der Waals surface area (Å²) in [6, 6.07) is 6.60. The molecule has 1 aliphatic rings. The number of benzene rings is 1. The molecular formula is C18H25NO. The van der Waals surface area contributed by atoms with Crippen molar-refractivity contribution in [3.05, 3.63) is 35.1 Å². The third-order valence-electron chi connectivity index (χ3n) is 4.12. The zero-order chi connectivity index (χ0) is 14.1. The molecule has 20 heavy (non-hydrogen) atoms. The first-order valence-corrected chi connectivity index (χ1v) is 7.94. The second-order valence-electron chi connectivity index (χ2n) is 6.39. The van der Waals surface area contributed by atoms with E-state index in [1.54, 1.807) is 0 Å². The van der Waals surface area contributed by atoms with Crippen molar-refractivity contribution in [3.8, 4) is 0 Å². The van der Waals surface area contributed by atoms with Crippen molar-refractivity contribution in [1.82, 2.24) is 5.32 Å². The van der Waals surface area contributed by atoms with Crippen LogP contribution in [0.3, 0.4) is 0 Å². The Bertz CT molecular complexity index is 593. The predicted molar refractivity (Wildman–Crippen MR) is 84.1 cm³/mol. The lowest BCUT2D eigenvalue weighted by atomic mass is 10.0. The van der Waals surface area contributed by atoms with Gasteiger partial charge in [-0.1, -0.05) is 39.0 Å². The molecule has 1 aliphatic carbocycles. The standard InChI is InChI=1S/C18H25NO/c1-4-13-6-5-7-15-17(14-8-9-14)16(20-18(13)15)11-19-10-12(2)3/h5-7,12,14,19H,4,8-11H2,1-3H3. The van der Waals surface area contributed by atoms with E-state index in [2.05, 4.69) is 44.3 Å². The van der Waals surface area contributed by atoms with E-state index in [1.807, 2.05) is 0 Å². The van der Waals surface area contributed by atoms with Gasteiger partial charge in [0.25, 0.3) is 0 Å². The van der Waals surface area contributed by atoms with Crippen LogP contribution < -0.4 is 5.32 Å². The second kappa shape index (κ2) is 5.61. The monoisotopic (exact) mass is 271 g/mol. The van der Waals surface area contributed by atoms with E-state index < -0.39 is 0 Å². The maximum Gasteiger partial charge on any atom is 0.137 e. The summed E-state index contributed by atoms with van der Waals surface area (Å²) in [4.78, 5) is 0. The van der Waals surface area contributed by atoms with Gasteiger partial charge in [-0.3, -0.25) is 0 Å². The van der Waals surface area contributed by atoms with Gasteiger partial charge in [-0.2, -0.15) is 0 Å². The number of fused-ring (bicyclic) bond motifs is 1. The molecule has 3 rings (SSSR count). The number of hydrogen-bond acceptors (Lipinski definition) is 2. The molecule has 108 valence electrons. The highest BCUT2D eigenvalue weighted by atomic mass is 16.3. The molecule has 1 saturated carbocycles. The quantitative estimate of drug-likeness (QED) is 0.829. The highest BCUT2D eigenvalue weighted by Gasteiger charge is 2.31. The van der Waals surface area contributed by atoms with Crippen molar-refractivity contribution in [2.24, 2.45) is 5.92 Å². The lowest BCUT2D eigenvalue weighted by Gasteiger charge is -2.06. The summed E-state index contributed by atoms with van der Waals surface area (Å²) in [5.74, 6) is 2.58. The molecule has 1 fully saturated rings. The molecule has 0 amide bonds. The third kappa shape index (κ3) is 2.62. The molecule has 0 radical (unpaired) electrons. The molecule has 0 atom stereocenters. The van der Waals surface area contributed by atoms with E-state index in [0.29, 0.717) is 5.92 Å². The topological polar surface area (TPSA) is 25.2 Å². The van der Waals surface area contributed by atoms with Gasteiger partial charge >= 0.3 is 0 Å². The predicted octanol–water partition coefficient (Wildman–Crippen LogP) is 4.62. The molecule has 0 aliphatic heterocycles. The molecule has 0 spiro atoms. The number of hydrogen-bond donors (Lipinski definition) is 1. The summed E-state index contributed by atoms with van der Waals surface area (Å²) in [7, 11) is 0. The molecule has 1 aromatic heterocycles. The maximum absolute atomic E-state index is 6.24. The first-order valence-electron chi connectivity index (χ1n) is 7.94. The Hall–Kier alpha value is -1.28. The molecule has 2 aromatic rings. The van der Waals surface area contributed by atoms with Gasteiger partial charge in [-0.25, -0.2) is 0 Å². The van der Waals surface area contributed by atoms with E-state index in [1.165, 1.54) is 35.1 Å². The number of rotatable bonds is 6. The van der Waals surface area contributed by atoms with Crippen LogP contribution >= 0.6 is 0 Å². The molecule has 0 saturated heterocycles. The Labute approximate surface area is 121 Å². The van der Waals surface area contributed by atoms with Gasteiger partial charge in [0.15, 0.2) is 0 Å². The Morgan fingerprint density at radius 3 is 2.75 bits per heavy atom. The highest BCUT2D eigenvalue weighted by Crippen LogP contribution is 2.46. The fourth-order valence-electron chi connectivity index (χ4n) is 2.95. The normalized spacial score (nSPS) is 15.4. The molecule has 2 nitrogen and oxygen atoms in total. The van der Waals surface area contributed by atoms with Crippen LogP contribution in [0.5, 0.6) is 0 Å². The second-order valence-corrected chi connectivity index (χ2v) is 6.39. The van der Waals surface area contributed by atoms with E-state index >= 15 is 0 Å². The lowest BCUT2D eigenvalue weighted by molar-refractivity contribution is 0.479. The third-order valence-corrected chi connectivity index (χ3v) is 4.12. The van der Waals surface area contributed by atoms with Crippen LogP contribution in [0.4, 0.5) is 0 Å². The minimum atomic E-state index is 0.676. The Balaban J connectivity index is 1.95. The summed E-state index contributed by atoms with van der Waals surface area (Å²) in [5, 5.41) is 4.88. The van der Waals surface area contributed by atoms with Crippen LogP contribution in [0.2, 0.25) is 0 Å². The number of para-hydroxylation sites is 1. The Morgan fingerprint density at radius 2 is 2.10 bits per heavy atom. The van der Waals surface area contributed by atoms with Crippen molar-refractivity contribution >= 4 is 11.0 Å². The molecule has 1 aromatic carbocycles. The smallest absolute Gasteiger partial charge is 0.137 e. The minimum absolute atomic E-state index is 0.676. The van der Waals surface area contributed by atoms with Crippen LogP contribution in [0.25, 0.3) is 11.0 Å². The number of aryl methyl sites for hydroxylation is 1. The summed E-state index contributed by atoms with van der Waals surface area (Å²) >= 11 is 0. The molecule has 0 bridgehead atoms. The fourth-order valence-corrected chi connectivity index (χ4v) is 2.95. The van der Waals surface area contributed by atoms with E-state index in [4.69, 9.17) is 4.42 Å². The zero-order valence-electron chi connectivity index (χ0n) is 12.8. The fraction of sp³-hybridized carbons (Fsp3) is 0.556. The first kappa shape index (κ1) is 13.7. The Kier molecular flexibility index (Phi) is 3.84. The lowest BCUT2D eigenvalue weighted by Crippen LogP contribution is -2.19. The highest BCUT2D eigenvalue weighted by molar-refractivity contribution is 5.86. The van der Waals surface area contributed by atoms with Gasteiger partial charge < -0.3 is 9.73 Å². The molecule has 1 N–H and O–H groups in total. The van der Waals surface area contributed by atoms with Crippen LogP contribution in [0, 0.1) is 5.92 Å².